The van der Waals surface area contributed by atoms with Gasteiger partial charge in [-0.15, -0.1) is 0 Å². The fourth-order valence-electron chi connectivity index (χ4n) is 1.000. The van der Waals surface area contributed by atoms with Crippen molar-refractivity contribution in [3.63, 3.8) is 0 Å². The summed E-state index contributed by atoms with van der Waals surface area (Å²) in [5.74, 6) is 0.0843. The van der Waals surface area contributed by atoms with Gasteiger partial charge in [0.2, 0.25) is 5.91 Å². The lowest BCUT2D eigenvalue weighted by Gasteiger charge is -2.17. The van der Waals surface area contributed by atoms with Crippen molar-refractivity contribution in [3.8, 4) is 0 Å². The molecule has 1 amide bonds. The molecular weight excluding hydrogens is 178 g/mol. The number of aromatic amines is 1. The zero-order valence-electron chi connectivity index (χ0n) is 8.92. The second-order valence-electron chi connectivity index (χ2n) is 4.36. The molecule has 1 aromatic heterocycles. The lowest BCUT2D eigenvalue weighted by atomic mass is 9.96. The highest BCUT2D eigenvalue weighted by Crippen LogP contribution is 2.12. The van der Waals surface area contributed by atoms with E-state index >= 15 is 0 Å². The van der Waals surface area contributed by atoms with E-state index in [4.69, 9.17) is 0 Å². The summed E-state index contributed by atoms with van der Waals surface area (Å²) >= 11 is 0. The number of nitrogens with one attached hydrogen (secondary N) is 2. The molecule has 0 aliphatic rings. The van der Waals surface area contributed by atoms with Crippen LogP contribution in [0.5, 0.6) is 0 Å². The number of amides is 1. The number of nitrogens with zero attached hydrogens (tertiary/aromatic N) is 1. The smallest absolute Gasteiger partial charge is 0.225 e. The molecule has 78 valence electrons. The summed E-state index contributed by atoms with van der Waals surface area (Å²) in [6.45, 7) is 6.37. The van der Waals surface area contributed by atoms with Gasteiger partial charge >= 0.3 is 0 Å². The van der Waals surface area contributed by atoms with Gasteiger partial charge in [0, 0.05) is 18.2 Å². The van der Waals surface area contributed by atoms with Crippen LogP contribution in [0.25, 0.3) is 0 Å². The van der Waals surface area contributed by atoms with Gasteiger partial charge in [0.05, 0.1) is 6.20 Å². The molecule has 1 rings (SSSR count). The van der Waals surface area contributed by atoms with E-state index < -0.39 is 0 Å². The summed E-state index contributed by atoms with van der Waals surface area (Å²) in [7, 11) is 0. The standard InChI is InChI=1S/C10H17N3O/c1-10(2,3)9(14)11-5-4-8-6-12-13-7-8/h6-7H,4-5H2,1-3H3,(H,11,14)(H,12,13). The molecule has 0 bridgehead atoms. The van der Waals surface area contributed by atoms with Crippen molar-refractivity contribution in [1.82, 2.24) is 15.5 Å². The average Bonchev–Trinajstić information content (AvgIpc) is 2.55. The third-order valence-corrected chi connectivity index (χ3v) is 1.94. The summed E-state index contributed by atoms with van der Waals surface area (Å²) in [6, 6.07) is 0. The fraction of sp³-hybridized carbons (Fsp3) is 0.600. The van der Waals surface area contributed by atoms with Gasteiger partial charge in [0.1, 0.15) is 0 Å². The van der Waals surface area contributed by atoms with Crippen LogP contribution in [0, 0.1) is 5.41 Å². The fourth-order valence-corrected chi connectivity index (χ4v) is 1.000. The normalized spacial score (nSPS) is 11.4. The van der Waals surface area contributed by atoms with E-state index in [1.54, 1.807) is 6.20 Å². The Hall–Kier alpha value is -1.32. The molecule has 14 heavy (non-hydrogen) atoms. The molecule has 0 unspecified atom stereocenters. The van der Waals surface area contributed by atoms with Crippen LogP contribution in [0.1, 0.15) is 26.3 Å². The van der Waals surface area contributed by atoms with E-state index in [-0.39, 0.29) is 11.3 Å². The van der Waals surface area contributed by atoms with Crippen LogP contribution in [0.3, 0.4) is 0 Å². The predicted molar refractivity (Wildman–Crippen MR) is 54.8 cm³/mol. The van der Waals surface area contributed by atoms with E-state index in [9.17, 15) is 4.79 Å². The molecule has 0 aliphatic carbocycles. The first kappa shape index (κ1) is 10.8. The van der Waals surface area contributed by atoms with E-state index in [0.717, 1.165) is 12.0 Å². The highest BCUT2D eigenvalue weighted by Gasteiger charge is 2.20. The first-order chi connectivity index (χ1) is 6.50. The van der Waals surface area contributed by atoms with E-state index in [2.05, 4.69) is 15.5 Å². The maximum atomic E-state index is 11.5. The van der Waals surface area contributed by atoms with Crippen LogP contribution in [-0.4, -0.2) is 22.6 Å². The topological polar surface area (TPSA) is 57.8 Å². The zero-order chi connectivity index (χ0) is 10.6. The molecule has 0 aliphatic heterocycles. The van der Waals surface area contributed by atoms with Crippen molar-refractivity contribution < 1.29 is 4.79 Å². The molecule has 2 N–H and O–H groups in total. The quantitative estimate of drug-likeness (QED) is 0.759. The predicted octanol–water partition coefficient (Wildman–Crippen LogP) is 1.11. The molecule has 1 heterocycles. The first-order valence-corrected chi connectivity index (χ1v) is 4.76. The number of carbonyl (C=O) groups is 1. The van der Waals surface area contributed by atoms with Gasteiger partial charge in [0.15, 0.2) is 0 Å². The minimum Gasteiger partial charge on any atom is -0.355 e. The van der Waals surface area contributed by atoms with Gasteiger partial charge in [-0.3, -0.25) is 9.89 Å². The minimum absolute atomic E-state index is 0.0843. The number of hydrogen-bond donors (Lipinski definition) is 2. The van der Waals surface area contributed by atoms with Crippen LogP contribution in [-0.2, 0) is 11.2 Å². The number of hydrogen-bond acceptors (Lipinski definition) is 2. The van der Waals surface area contributed by atoms with Crippen molar-refractivity contribution >= 4 is 5.91 Å². The molecule has 0 fully saturated rings. The minimum atomic E-state index is -0.309. The molecule has 0 atom stereocenters. The Morgan fingerprint density at radius 3 is 2.79 bits per heavy atom. The molecule has 0 spiro atoms. The van der Waals surface area contributed by atoms with Crippen molar-refractivity contribution in [2.75, 3.05) is 6.54 Å². The maximum absolute atomic E-state index is 11.5. The van der Waals surface area contributed by atoms with Crippen LogP contribution in [0.4, 0.5) is 0 Å². The summed E-state index contributed by atoms with van der Waals surface area (Å²) < 4.78 is 0. The Morgan fingerprint density at radius 1 is 1.57 bits per heavy atom. The van der Waals surface area contributed by atoms with Crippen LogP contribution in [0.2, 0.25) is 0 Å². The second kappa shape index (κ2) is 4.26. The largest absolute Gasteiger partial charge is 0.355 e. The third-order valence-electron chi connectivity index (χ3n) is 1.94. The van der Waals surface area contributed by atoms with Crippen LogP contribution < -0.4 is 5.32 Å². The maximum Gasteiger partial charge on any atom is 0.225 e. The highest BCUT2D eigenvalue weighted by atomic mass is 16.2. The monoisotopic (exact) mass is 195 g/mol. The van der Waals surface area contributed by atoms with Crippen molar-refractivity contribution in [2.24, 2.45) is 5.41 Å². The SMILES string of the molecule is CC(C)(C)C(=O)NCCc1cn[nH]c1. The zero-order valence-corrected chi connectivity index (χ0v) is 8.92. The third kappa shape index (κ3) is 3.20. The van der Waals surface area contributed by atoms with Gasteiger partial charge < -0.3 is 5.32 Å². The summed E-state index contributed by atoms with van der Waals surface area (Å²) in [6.07, 6.45) is 4.42. The number of H-pyrrole nitrogens is 1. The molecule has 4 heteroatoms. The Morgan fingerprint density at radius 2 is 2.29 bits per heavy atom. The first-order valence-electron chi connectivity index (χ1n) is 4.76. The number of aromatic nitrogens is 2. The van der Waals surface area contributed by atoms with Crippen LogP contribution >= 0.6 is 0 Å². The Balaban J connectivity index is 2.26. The van der Waals surface area contributed by atoms with E-state index in [0.29, 0.717) is 6.54 Å². The van der Waals surface area contributed by atoms with Gasteiger partial charge in [0.25, 0.3) is 0 Å². The molecule has 0 aromatic carbocycles. The van der Waals surface area contributed by atoms with Crippen molar-refractivity contribution in [3.05, 3.63) is 18.0 Å². The summed E-state index contributed by atoms with van der Waals surface area (Å²) in [5.41, 5.74) is 0.801. The molecular formula is C10H17N3O. The summed E-state index contributed by atoms with van der Waals surface area (Å²) in [4.78, 5) is 11.5. The van der Waals surface area contributed by atoms with E-state index in [1.165, 1.54) is 0 Å². The average molecular weight is 195 g/mol. The number of rotatable bonds is 3. The second-order valence-corrected chi connectivity index (χ2v) is 4.36. The van der Waals surface area contributed by atoms with Gasteiger partial charge in [-0.25, -0.2) is 0 Å². The van der Waals surface area contributed by atoms with E-state index in [1.807, 2.05) is 27.0 Å². The Labute approximate surface area is 84.1 Å². The lowest BCUT2D eigenvalue weighted by molar-refractivity contribution is -0.128. The summed E-state index contributed by atoms with van der Waals surface area (Å²) in [5, 5.41) is 9.45. The molecule has 0 saturated heterocycles. The van der Waals surface area contributed by atoms with Crippen molar-refractivity contribution in [2.45, 2.75) is 27.2 Å². The van der Waals surface area contributed by atoms with Gasteiger partial charge in [-0.2, -0.15) is 5.10 Å². The van der Waals surface area contributed by atoms with Crippen LogP contribution in [0.15, 0.2) is 12.4 Å². The van der Waals surface area contributed by atoms with Gasteiger partial charge in [-0.1, -0.05) is 20.8 Å². The number of carbonyl (C=O) groups excluding carboxylic acids is 1. The molecule has 0 saturated carbocycles. The van der Waals surface area contributed by atoms with Crippen molar-refractivity contribution in [1.29, 1.82) is 0 Å². The lowest BCUT2D eigenvalue weighted by Crippen LogP contribution is -2.35. The Kier molecular flexibility index (Phi) is 3.28. The molecule has 0 radical (unpaired) electrons. The molecule has 1 aromatic rings. The van der Waals surface area contributed by atoms with Gasteiger partial charge in [-0.05, 0) is 12.0 Å². The Bertz CT molecular complexity index is 285. The highest BCUT2D eigenvalue weighted by molar-refractivity contribution is 5.81. The molecule has 4 nitrogen and oxygen atoms in total.